The van der Waals surface area contributed by atoms with E-state index in [9.17, 15) is 14.4 Å². The third-order valence-electron chi connectivity index (χ3n) is 4.52. The molecule has 0 atom stereocenters. The minimum absolute atomic E-state index is 0.0803. The van der Waals surface area contributed by atoms with Crippen LogP contribution in [0.15, 0.2) is 65.3 Å². The fourth-order valence-electron chi connectivity index (χ4n) is 2.96. The highest BCUT2D eigenvalue weighted by molar-refractivity contribution is 6.40. The number of nitrogens with one attached hydrogen (secondary N) is 3. The summed E-state index contributed by atoms with van der Waals surface area (Å²) in [5, 5.41) is 7.72. The van der Waals surface area contributed by atoms with Crippen molar-refractivity contribution in [3.63, 3.8) is 0 Å². The first-order valence-electron chi connectivity index (χ1n) is 9.47. The second-order valence-corrected chi connectivity index (χ2v) is 6.63. The molecule has 3 N–H and O–H groups in total. The molecule has 0 saturated heterocycles. The number of rotatable bonds is 6. The first-order chi connectivity index (χ1) is 15.1. The van der Waals surface area contributed by atoms with Gasteiger partial charge in [0.2, 0.25) is 6.79 Å². The Morgan fingerprint density at radius 2 is 1.68 bits per heavy atom. The molecule has 1 aliphatic rings. The Morgan fingerprint density at radius 3 is 2.52 bits per heavy atom. The molecular weight excluding hydrogens is 402 g/mol. The summed E-state index contributed by atoms with van der Waals surface area (Å²) < 4.78 is 15.7. The molecule has 2 aromatic carbocycles. The Hall–Kier alpha value is -4.27. The van der Waals surface area contributed by atoms with E-state index in [4.69, 9.17) is 13.9 Å². The van der Waals surface area contributed by atoms with Crippen LogP contribution in [0.3, 0.4) is 0 Å². The molecule has 9 heteroatoms. The van der Waals surface area contributed by atoms with E-state index < -0.39 is 17.7 Å². The number of furan rings is 1. The van der Waals surface area contributed by atoms with Crippen molar-refractivity contribution in [3.05, 3.63) is 77.7 Å². The smallest absolute Gasteiger partial charge is 0.313 e. The van der Waals surface area contributed by atoms with Gasteiger partial charge in [0.25, 0.3) is 5.91 Å². The van der Waals surface area contributed by atoms with E-state index >= 15 is 0 Å². The second kappa shape index (κ2) is 9.04. The van der Waals surface area contributed by atoms with Gasteiger partial charge in [0.15, 0.2) is 11.5 Å². The molecule has 4 rings (SSSR count). The van der Waals surface area contributed by atoms with E-state index in [0.29, 0.717) is 17.3 Å². The number of ether oxygens (including phenoxy) is 2. The Kier molecular flexibility index (Phi) is 5.84. The van der Waals surface area contributed by atoms with Gasteiger partial charge < -0.3 is 29.8 Å². The van der Waals surface area contributed by atoms with Crippen molar-refractivity contribution in [2.45, 2.75) is 13.1 Å². The highest BCUT2D eigenvalue weighted by Gasteiger charge is 2.18. The van der Waals surface area contributed by atoms with Crippen LogP contribution in [0.2, 0.25) is 0 Å². The fraction of sp³-hybridized carbons (Fsp3) is 0.136. The van der Waals surface area contributed by atoms with Crippen LogP contribution in [0.1, 0.15) is 21.7 Å². The summed E-state index contributed by atoms with van der Waals surface area (Å²) in [5.74, 6) is -0.322. The van der Waals surface area contributed by atoms with Crippen molar-refractivity contribution in [2.24, 2.45) is 0 Å². The van der Waals surface area contributed by atoms with Crippen molar-refractivity contribution in [1.29, 1.82) is 0 Å². The molecule has 0 spiro atoms. The number of hydrogen-bond acceptors (Lipinski definition) is 6. The number of carbonyl (C=O) groups is 3. The topological polar surface area (TPSA) is 119 Å². The molecule has 0 aliphatic carbocycles. The van der Waals surface area contributed by atoms with Gasteiger partial charge in [0.1, 0.15) is 5.76 Å². The SMILES string of the molecule is O=C(NCc1ccco1)C(=O)Nc1ccccc1C(=O)NCc1ccc2c(c1)OCO2. The molecule has 2 heterocycles. The number of fused-ring (bicyclic) bond motifs is 1. The summed E-state index contributed by atoms with van der Waals surface area (Å²) in [5.41, 5.74) is 1.29. The minimum Gasteiger partial charge on any atom is -0.467 e. The zero-order valence-corrected chi connectivity index (χ0v) is 16.3. The van der Waals surface area contributed by atoms with Crippen LogP contribution in [0.25, 0.3) is 0 Å². The first-order valence-corrected chi connectivity index (χ1v) is 9.47. The largest absolute Gasteiger partial charge is 0.467 e. The number of amides is 3. The highest BCUT2D eigenvalue weighted by Crippen LogP contribution is 2.32. The standard InChI is InChI=1S/C22H19N3O6/c26-20(23-11-14-7-8-18-19(10-14)31-13-30-18)16-5-1-2-6-17(16)25-22(28)21(27)24-12-15-4-3-9-29-15/h1-10H,11-13H2,(H,23,26)(H,24,27)(H,25,28). The predicted octanol–water partition coefficient (Wildman–Crippen LogP) is 2.19. The third kappa shape index (κ3) is 4.84. The van der Waals surface area contributed by atoms with Crippen LogP contribution >= 0.6 is 0 Å². The summed E-state index contributed by atoms with van der Waals surface area (Å²) in [6.07, 6.45) is 1.47. The van der Waals surface area contributed by atoms with E-state index in [1.807, 2.05) is 6.07 Å². The summed E-state index contributed by atoms with van der Waals surface area (Å²) in [4.78, 5) is 36.9. The molecule has 0 bridgehead atoms. The van der Waals surface area contributed by atoms with Gasteiger partial charge in [-0.25, -0.2) is 0 Å². The van der Waals surface area contributed by atoms with Crippen LogP contribution < -0.4 is 25.4 Å². The van der Waals surface area contributed by atoms with Crippen molar-refractivity contribution < 1.29 is 28.3 Å². The lowest BCUT2D eigenvalue weighted by molar-refractivity contribution is -0.136. The zero-order valence-electron chi connectivity index (χ0n) is 16.3. The van der Waals surface area contributed by atoms with Crippen LogP contribution in [0, 0.1) is 0 Å². The number of anilines is 1. The van der Waals surface area contributed by atoms with Crippen molar-refractivity contribution in [2.75, 3.05) is 12.1 Å². The average Bonchev–Trinajstić information content (AvgIpc) is 3.47. The van der Waals surface area contributed by atoms with Crippen molar-refractivity contribution in [3.8, 4) is 11.5 Å². The van der Waals surface area contributed by atoms with Gasteiger partial charge in [-0.1, -0.05) is 18.2 Å². The highest BCUT2D eigenvalue weighted by atomic mass is 16.7. The van der Waals surface area contributed by atoms with Gasteiger partial charge >= 0.3 is 11.8 Å². The van der Waals surface area contributed by atoms with Crippen LogP contribution in [-0.2, 0) is 22.7 Å². The molecule has 0 radical (unpaired) electrons. The lowest BCUT2D eigenvalue weighted by Crippen LogP contribution is -2.35. The van der Waals surface area contributed by atoms with Crippen LogP contribution in [0.5, 0.6) is 11.5 Å². The first kappa shape index (κ1) is 20.0. The fourth-order valence-corrected chi connectivity index (χ4v) is 2.96. The maximum absolute atomic E-state index is 12.7. The number of benzene rings is 2. The molecule has 1 aliphatic heterocycles. The maximum atomic E-state index is 12.7. The van der Waals surface area contributed by atoms with E-state index in [-0.39, 0.29) is 31.1 Å². The molecule has 9 nitrogen and oxygen atoms in total. The molecule has 3 aromatic rings. The van der Waals surface area contributed by atoms with E-state index in [2.05, 4.69) is 16.0 Å². The Bertz CT molecular complexity index is 1110. The quantitative estimate of drug-likeness (QED) is 0.525. The van der Waals surface area contributed by atoms with Gasteiger partial charge in [0, 0.05) is 6.54 Å². The maximum Gasteiger partial charge on any atom is 0.313 e. The molecule has 31 heavy (non-hydrogen) atoms. The molecular formula is C22H19N3O6. The molecule has 0 unspecified atom stereocenters. The number of para-hydroxylation sites is 1. The molecule has 0 saturated carbocycles. The molecule has 1 aromatic heterocycles. The number of carbonyl (C=O) groups excluding carboxylic acids is 3. The van der Waals surface area contributed by atoms with E-state index in [1.54, 1.807) is 48.5 Å². The third-order valence-corrected chi connectivity index (χ3v) is 4.52. The van der Waals surface area contributed by atoms with Gasteiger partial charge in [-0.15, -0.1) is 0 Å². The van der Waals surface area contributed by atoms with E-state index in [1.165, 1.54) is 6.26 Å². The van der Waals surface area contributed by atoms with Gasteiger partial charge in [-0.3, -0.25) is 14.4 Å². The van der Waals surface area contributed by atoms with Crippen molar-refractivity contribution >= 4 is 23.4 Å². The van der Waals surface area contributed by atoms with Gasteiger partial charge in [-0.05, 0) is 42.0 Å². The summed E-state index contributed by atoms with van der Waals surface area (Å²) in [7, 11) is 0. The molecule has 3 amide bonds. The van der Waals surface area contributed by atoms with Crippen LogP contribution in [-0.4, -0.2) is 24.5 Å². The Balaban J connectivity index is 1.36. The van der Waals surface area contributed by atoms with Gasteiger partial charge in [-0.2, -0.15) is 0 Å². The lowest BCUT2D eigenvalue weighted by atomic mass is 10.1. The predicted molar refractivity (Wildman–Crippen MR) is 109 cm³/mol. The minimum atomic E-state index is -0.887. The summed E-state index contributed by atoms with van der Waals surface area (Å²) in [6, 6.07) is 15.2. The normalized spacial score (nSPS) is 11.6. The second-order valence-electron chi connectivity index (χ2n) is 6.63. The van der Waals surface area contributed by atoms with Crippen LogP contribution in [0.4, 0.5) is 5.69 Å². The monoisotopic (exact) mass is 421 g/mol. The molecule has 158 valence electrons. The van der Waals surface area contributed by atoms with E-state index in [0.717, 1.165) is 5.56 Å². The summed E-state index contributed by atoms with van der Waals surface area (Å²) >= 11 is 0. The Labute approximate surface area is 177 Å². The zero-order chi connectivity index (χ0) is 21.6. The lowest BCUT2D eigenvalue weighted by Gasteiger charge is -2.11. The average molecular weight is 421 g/mol. The number of hydrogen-bond donors (Lipinski definition) is 3. The summed E-state index contributed by atoms with van der Waals surface area (Å²) in [6.45, 7) is 0.506. The Morgan fingerprint density at radius 1 is 0.839 bits per heavy atom. The van der Waals surface area contributed by atoms with Crippen molar-refractivity contribution in [1.82, 2.24) is 10.6 Å². The molecule has 0 fully saturated rings. The van der Waals surface area contributed by atoms with Gasteiger partial charge in [0.05, 0.1) is 24.1 Å².